The fourth-order valence-corrected chi connectivity index (χ4v) is 0.982. The quantitative estimate of drug-likeness (QED) is 0.354. The number of hydrogen-bond donors (Lipinski definition) is 2. The highest BCUT2D eigenvalue weighted by atomic mass is 16.7. The molecule has 90 valence electrons. The van der Waals surface area contributed by atoms with Gasteiger partial charge in [0.05, 0.1) is 17.1 Å². The molecule has 1 aromatic carbocycles. The van der Waals surface area contributed by atoms with Crippen LogP contribution < -0.4 is 9.47 Å². The van der Waals surface area contributed by atoms with Gasteiger partial charge in [-0.15, -0.1) is 0 Å². The van der Waals surface area contributed by atoms with E-state index in [0.717, 1.165) is 18.2 Å². The van der Waals surface area contributed by atoms with E-state index in [1.54, 1.807) is 0 Å². The van der Waals surface area contributed by atoms with Gasteiger partial charge in [-0.25, -0.2) is 9.59 Å². The second-order valence-electron chi connectivity index (χ2n) is 2.66. The Hall–Kier alpha value is -2.84. The van der Waals surface area contributed by atoms with Crippen molar-refractivity contribution in [1.29, 1.82) is 0 Å². The number of carboxylic acid groups (broad SMARTS) is 2. The highest BCUT2D eigenvalue weighted by Crippen LogP contribution is 2.27. The van der Waals surface area contributed by atoms with Gasteiger partial charge >= 0.3 is 12.3 Å². The summed E-state index contributed by atoms with van der Waals surface area (Å²) in [5, 5.41) is 27.1. The molecular formula is C8H5NO8. The summed E-state index contributed by atoms with van der Waals surface area (Å²) >= 11 is 0. The van der Waals surface area contributed by atoms with Crippen molar-refractivity contribution in [2.75, 3.05) is 0 Å². The van der Waals surface area contributed by atoms with Crippen LogP contribution in [0.25, 0.3) is 0 Å². The lowest BCUT2D eigenvalue weighted by Crippen LogP contribution is -2.06. The van der Waals surface area contributed by atoms with E-state index in [-0.39, 0.29) is 0 Å². The van der Waals surface area contributed by atoms with Crippen LogP contribution in [0.15, 0.2) is 18.2 Å². The number of nitrogens with zero attached hydrogens (tertiary/aromatic N) is 1. The van der Waals surface area contributed by atoms with Crippen LogP contribution in [0, 0.1) is 10.1 Å². The van der Waals surface area contributed by atoms with Crippen molar-refractivity contribution >= 4 is 18.0 Å². The van der Waals surface area contributed by atoms with Crippen LogP contribution in [0.3, 0.4) is 0 Å². The SMILES string of the molecule is O=C(O)Oc1cc(OC(=O)O)cc([N+](=O)[O-])c1. The maximum absolute atomic E-state index is 10.5. The van der Waals surface area contributed by atoms with Gasteiger partial charge in [0.15, 0.2) is 0 Å². The molecule has 9 heteroatoms. The summed E-state index contributed by atoms with van der Waals surface area (Å²) < 4.78 is 8.33. The Morgan fingerprint density at radius 3 is 1.76 bits per heavy atom. The molecule has 0 spiro atoms. The third-order valence-corrected chi connectivity index (χ3v) is 1.49. The lowest BCUT2D eigenvalue weighted by molar-refractivity contribution is -0.385. The van der Waals surface area contributed by atoms with Crippen molar-refractivity contribution in [3.8, 4) is 11.5 Å². The van der Waals surface area contributed by atoms with Gasteiger partial charge in [0.2, 0.25) is 0 Å². The number of nitro groups is 1. The first-order valence-corrected chi connectivity index (χ1v) is 3.99. The number of nitro benzene ring substituents is 1. The van der Waals surface area contributed by atoms with Crippen LogP contribution in [0.2, 0.25) is 0 Å². The van der Waals surface area contributed by atoms with Crippen LogP contribution in [0.4, 0.5) is 15.3 Å². The molecule has 17 heavy (non-hydrogen) atoms. The van der Waals surface area contributed by atoms with Crippen molar-refractivity contribution in [1.82, 2.24) is 0 Å². The summed E-state index contributed by atoms with van der Waals surface area (Å²) in [6.07, 6.45) is -3.38. The Morgan fingerprint density at radius 1 is 1.06 bits per heavy atom. The fraction of sp³-hybridized carbons (Fsp3) is 0. The Morgan fingerprint density at radius 2 is 1.47 bits per heavy atom. The number of non-ortho nitro benzene ring substituents is 1. The highest BCUT2D eigenvalue weighted by Gasteiger charge is 2.15. The van der Waals surface area contributed by atoms with Gasteiger partial charge in [0, 0.05) is 6.07 Å². The van der Waals surface area contributed by atoms with Gasteiger partial charge in [-0.05, 0) is 0 Å². The second kappa shape index (κ2) is 4.79. The molecule has 1 rings (SSSR count). The number of benzene rings is 1. The molecule has 0 heterocycles. The smallest absolute Gasteiger partial charge is 0.449 e. The maximum atomic E-state index is 10.5. The Kier molecular flexibility index (Phi) is 3.44. The van der Waals surface area contributed by atoms with Crippen molar-refractivity contribution in [3.05, 3.63) is 28.3 Å². The monoisotopic (exact) mass is 243 g/mol. The molecule has 0 aliphatic heterocycles. The van der Waals surface area contributed by atoms with E-state index in [2.05, 4.69) is 9.47 Å². The minimum Gasteiger partial charge on any atom is -0.449 e. The number of hydrogen-bond acceptors (Lipinski definition) is 6. The van der Waals surface area contributed by atoms with Gasteiger partial charge in [-0.3, -0.25) is 10.1 Å². The van der Waals surface area contributed by atoms with E-state index in [9.17, 15) is 19.7 Å². The zero-order valence-electron chi connectivity index (χ0n) is 8.02. The summed E-state index contributed by atoms with van der Waals surface area (Å²) in [7, 11) is 0. The molecule has 0 saturated carbocycles. The molecule has 0 bridgehead atoms. The van der Waals surface area contributed by atoms with Gasteiger partial charge in [0.25, 0.3) is 5.69 Å². The molecule has 0 aliphatic rings. The first kappa shape index (κ1) is 12.2. The van der Waals surface area contributed by atoms with Crippen molar-refractivity contribution in [3.63, 3.8) is 0 Å². The van der Waals surface area contributed by atoms with E-state index in [1.807, 2.05) is 0 Å². The molecule has 0 fully saturated rings. The van der Waals surface area contributed by atoms with Gasteiger partial charge in [-0.2, -0.15) is 0 Å². The third-order valence-electron chi connectivity index (χ3n) is 1.49. The lowest BCUT2D eigenvalue weighted by atomic mass is 10.3. The van der Waals surface area contributed by atoms with E-state index >= 15 is 0 Å². The van der Waals surface area contributed by atoms with Gasteiger partial charge < -0.3 is 19.7 Å². The van der Waals surface area contributed by atoms with Crippen LogP contribution in [-0.2, 0) is 0 Å². The predicted molar refractivity (Wildman–Crippen MR) is 50.4 cm³/mol. The molecule has 0 amide bonds. The highest BCUT2D eigenvalue weighted by molar-refractivity contribution is 5.65. The standard InChI is InChI=1S/C8H5NO8/c10-7(11)16-5-1-4(9(14)15)2-6(3-5)17-8(12)13/h1-3H,(H,10,11)(H,12,13). The first-order chi connectivity index (χ1) is 7.88. The van der Waals surface area contributed by atoms with Crippen LogP contribution in [0.1, 0.15) is 0 Å². The van der Waals surface area contributed by atoms with E-state index < -0.39 is 34.4 Å². The second-order valence-corrected chi connectivity index (χ2v) is 2.66. The lowest BCUT2D eigenvalue weighted by Gasteiger charge is -2.03. The van der Waals surface area contributed by atoms with E-state index in [4.69, 9.17) is 10.2 Å². The van der Waals surface area contributed by atoms with Crippen LogP contribution in [0.5, 0.6) is 11.5 Å². The summed E-state index contributed by atoms with van der Waals surface area (Å²) in [6, 6.07) is 2.54. The number of carbonyl (C=O) groups is 2. The van der Waals surface area contributed by atoms with Gasteiger partial charge in [0.1, 0.15) is 11.5 Å². The summed E-state index contributed by atoms with van der Waals surface area (Å²) in [6.45, 7) is 0. The molecular weight excluding hydrogens is 238 g/mol. The molecule has 0 aromatic heterocycles. The average molecular weight is 243 g/mol. The number of rotatable bonds is 3. The normalized spacial score (nSPS) is 9.41. The van der Waals surface area contributed by atoms with E-state index in [0.29, 0.717) is 0 Å². The maximum Gasteiger partial charge on any atom is 0.511 e. The molecule has 2 N–H and O–H groups in total. The predicted octanol–water partition coefficient (Wildman–Crippen LogP) is 1.71. The molecule has 9 nitrogen and oxygen atoms in total. The molecule has 0 saturated heterocycles. The molecule has 0 radical (unpaired) electrons. The molecule has 0 unspecified atom stereocenters. The summed E-state index contributed by atoms with van der Waals surface area (Å²) in [5.74, 6) is -0.828. The van der Waals surface area contributed by atoms with Crippen molar-refractivity contribution in [2.24, 2.45) is 0 Å². The molecule has 1 aromatic rings. The largest absolute Gasteiger partial charge is 0.511 e. The zero-order valence-corrected chi connectivity index (χ0v) is 8.02. The summed E-state index contributed by atoms with van der Waals surface area (Å²) in [5.41, 5.74) is -0.556. The van der Waals surface area contributed by atoms with Crippen LogP contribution >= 0.6 is 0 Å². The first-order valence-electron chi connectivity index (χ1n) is 3.99. The topological polar surface area (TPSA) is 136 Å². The minimum atomic E-state index is -1.69. The minimum absolute atomic E-state index is 0.414. The Bertz CT molecular complexity index is 448. The number of ether oxygens (including phenoxy) is 2. The van der Waals surface area contributed by atoms with E-state index in [1.165, 1.54) is 0 Å². The zero-order chi connectivity index (χ0) is 13.0. The van der Waals surface area contributed by atoms with Crippen molar-refractivity contribution < 1.29 is 34.2 Å². The Labute approximate surface area is 93.0 Å². The van der Waals surface area contributed by atoms with Crippen molar-refractivity contribution in [2.45, 2.75) is 0 Å². The Balaban J connectivity index is 3.13. The third kappa shape index (κ3) is 3.66. The summed E-state index contributed by atoms with van der Waals surface area (Å²) in [4.78, 5) is 30.1. The average Bonchev–Trinajstić information content (AvgIpc) is 2.14. The van der Waals surface area contributed by atoms with Crippen LogP contribution in [-0.4, -0.2) is 27.4 Å². The molecule has 0 aliphatic carbocycles. The molecule has 0 atom stereocenters. The fourth-order valence-electron chi connectivity index (χ4n) is 0.982. The van der Waals surface area contributed by atoms with Gasteiger partial charge in [-0.1, -0.05) is 0 Å².